The van der Waals surface area contributed by atoms with Crippen molar-refractivity contribution >= 4 is 23.3 Å². The molecule has 6 nitrogen and oxygen atoms in total. The fourth-order valence-electron chi connectivity index (χ4n) is 4.16. The van der Waals surface area contributed by atoms with Gasteiger partial charge in [0.25, 0.3) is 0 Å². The zero-order valence-electron chi connectivity index (χ0n) is 17.2. The molecule has 1 atom stereocenters. The molecule has 1 aliphatic rings. The van der Waals surface area contributed by atoms with Crippen molar-refractivity contribution in [3.63, 3.8) is 0 Å². The third kappa shape index (κ3) is 4.10. The Balaban J connectivity index is 1.98. The Bertz CT molecular complexity index is 934. The van der Waals surface area contributed by atoms with Crippen molar-refractivity contribution in [3.05, 3.63) is 57.9 Å². The lowest BCUT2D eigenvalue weighted by Gasteiger charge is -2.43. The van der Waals surface area contributed by atoms with E-state index in [9.17, 15) is 9.18 Å². The highest BCUT2D eigenvalue weighted by Crippen LogP contribution is 2.43. The smallest absolute Gasteiger partial charge is 0.340 e. The van der Waals surface area contributed by atoms with Gasteiger partial charge in [-0.1, -0.05) is 17.7 Å². The van der Waals surface area contributed by atoms with Gasteiger partial charge in [0.2, 0.25) is 0 Å². The summed E-state index contributed by atoms with van der Waals surface area (Å²) in [6.45, 7) is 0.134. The molecule has 0 unspecified atom stereocenters. The second-order valence-corrected chi connectivity index (χ2v) is 7.70. The van der Waals surface area contributed by atoms with Crippen molar-refractivity contribution in [2.75, 3.05) is 33.7 Å². The van der Waals surface area contributed by atoms with E-state index < -0.39 is 23.5 Å². The van der Waals surface area contributed by atoms with Gasteiger partial charge < -0.3 is 24.7 Å². The fraction of sp³-hybridized carbons (Fsp3) is 0.409. The Morgan fingerprint density at radius 3 is 2.63 bits per heavy atom. The van der Waals surface area contributed by atoms with Gasteiger partial charge >= 0.3 is 5.97 Å². The van der Waals surface area contributed by atoms with Crippen LogP contribution in [0, 0.1) is 5.82 Å². The number of aryl methyl sites for hydroxylation is 1. The third-order valence-electron chi connectivity index (χ3n) is 5.54. The molecule has 0 bridgehead atoms. The molecule has 0 amide bonds. The van der Waals surface area contributed by atoms with E-state index in [4.69, 9.17) is 31.5 Å². The summed E-state index contributed by atoms with van der Waals surface area (Å²) in [6, 6.07) is 8.02. The number of fused-ring (bicyclic) bond motifs is 1. The molecule has 30 heavy (non-hydrogen) atoms. The Morgan fingerprint density at radius 1 is 1.23 bits per heavy atom. The van der Waals surface area contributed by atoms with Crippen LogP contribution in [-0.2, 0) is 26.0 Å². The van der Waals surface area contributed by atoms with Crippen LogP contribution >= 0.6 is 11.6 Å². The van der Waals surface area contributed by atoms with E-state index >= 15 is 0 Å². The molecule has 1 aliphatic carbocycles. The minimum absolute atomic E-state index is 0.130. The van der Waals surface area contributed by atoms with Crippen molar-refractivity contribution in [1.82, 2.24) is 0 Å². The number of benzene rings is 2. The molecule has 2 aromatic rings. The van der Waals surface area contributed by atoms with Crippen LogP contribution in [0.25, 0.3) is 0 Å². The van der Waals surface area contributed by atoms with Crippen LogP contribution in [0.1, 0.15) is 34.3 Å². The first kappa shape index (κ1) is 22.3. The van der Waals surface area contributed by atoms with Gasteiger partial charge in [0, 0.05) is 25.3 Å². The first-order chi connectivity index (χ1) is 14.4. The van der Waals surface area contributed by atoms with E-state index in [1.54, 1.807) is 14.2 Å². The highest BCUT2D eigenvalue weighted by Gasteiger charge is 2.45. The van der Waals surface area contributed by atoms with Crippen LogP contribution in [-0.4, -0.2) is 40.2 Å². The predicted octanol–water partition coefficient (Wildman–Crippen LogP) is 4.12. The number of anilines is 1. The molecular formula is C22H25ClFNO5. The number of carbonyl (C=O) groups is 1. The number of methoxy groups -OCH3 is 3. The number of carbonyl (C=O) groups excluding carboxylic acids is 1. The van der Waals surface area contributed by atoms with Crippen LogP contribution in [0.3, 0.4) is 0 Å². The van der Waals surface area contributed by atoms with Crippen molar-refractivity contribution in [3.8, 4) is 5.75 Å². The molecule has 3 rings (SSSR count). The van der Waals surface area contributed by atoms with Crippen LogP contribution in [0.5, 0.6) is 5.75 Å². The molecule has 162 valence electrons. The van der Waals surface area contributed by atoms with Gasteiger partial charge in [-0.05, 0) is 48.6 Å². The molecule has 0 spiro atoms. The third-order valence-corrected chi connectivity index (χ3v) is 5.78. The molecule has 0 aliphatic heterocycles. The maximum absolute atomic E-state index is 14.4. The number of nitrogen functional groups attached to an aromatic ring is 1. The molecule has 0 fully saturated rings. The summed E-state index contributed by atoms with van der Waals surface area (Å²) in [4.78, 5) is 11.7. The van der Waals surface area contributed by atoms with Crippen LogP contribution in [0.15, 0.2) is 30.3 Å². The maximum Gasteiger partial charge on any atom is 0.340 e. The number of hydrogen-bond donors (Lipinski definition) is 1. The van der Waals surface area contributed by atoms with Crippen molar-refractivity contribution in [2.45, 2.75) is 31.0 Å². The van der Waals surface area contributed by atoms with E-state index in [-0.39, 0.29) is 23.6 Å². The van der Waals surface area contributed by atoms with Crippen molar-refractivity contribution in [1.29, 1.82) is 0 Å². The topological polar surface area (TPSA) is 80.0 Å². The normalized spacial score (nSPS) is 18.2. The summed E-state index contributed by atoms with van der Waals surface area (Å²) < 4.78 is 36.2. The molecule has 0 saturated heterocycles. The van der Waals surface area contributed by atoms with Gasteiger partial charge in [0.15, 0.2) is 6.29 Å². The second-order valence-electron chi connectivity index (χ2n) is 7.26. The summed E-state index contributed by atoms with van der Waals surface area (Å²) in [5, 5.41) is 0.654. The largest absolute Gasteiger partial charge is 0.490 e. The monoisotopic (exact) mass is 437 g/mol. The zero-order chi connectivity index (χ0) is 21.9. The average Bonchev–Trinajstić information content (AvgIpc) is 2.74. The lowest BCUT2D eigenvalue weighted by molar-refractivity contribution is -0.162. The van der Waals surface area contributed by atoms with Gasteiger partial charge in [-0.3, -0.25) is 0 Å². The predicted molar refractivity (Wildman–Crippen MR) is 112 cm³/mol. The summed E-state index contributed by atoms with van der Waals surface area (Å²) in [6.07, 6.45) is 1.89. The minimum atomic E-state index is -0.806. The van der Waals surface area contributed by atoms with Crippen LogP contribution < -0.4 is 10.5 Å². The quantitative estimate of drug-likeness (QED) is 0.398. The number of hydrogen-bond acceptors (Lipinski definition) is 6. The Morgan fingerprint density at radius 2 is 1.97 bits per heavy atom. The van der Waals surface area contributed by atoms with Crippen molar-refractivity contribution < 1.29 is 28.1 Å². The standard InChI is InChI=1S/C22H25ClFNO5/c1-27-20(26)15-10-18(25)19(11-17(15)24)30-12-22(21(28-2)29-3)8-4-5-13-9-14(23)6-7-16(13)22/h6-7,9-11,21H,4-5,8,12,25H2,1-3H3/t22-/m0/s1. The minimum Gasteiger partial charge on any atom is -0.490 e. The van der Waals surface area contributed by atoms with E-state index in [1.165, 1.54) is 13.2 Å². The Labute approximate surface area is 180 Å². The van der Waals surface area contributed by atoms with Crippen LogP contribution in [0.4, 0.5) is 10.1 Å². The molecule has 2 N–H and O–H groups in total. The highest BCUT2D eigenvalue weighted by atomic mass is 35.5. The molecule has 8 heteroatoms. The van der Waals surface area contributed by atoms with E-state index in [0.717, 1.165) is 36.5 Å². The summed E-state index contributed by atoms with van der Waals surface area (Å²) in [5.41, 5.74) is 7.36. The number of nitrogens with two attached hydrogens (primary N) is 1. The Kier molecular flexibility index (Phi) is 6.85. The Hall–Kier alpha value is -2.35. The van der Waals surface area contributed by atoms with Gasteiger partial charge in [0.05, 0.1) is 23.8 Å². The lowest BCUT2D eigenvalue weighted by atomic mass is 9.69. The van der Waals surface area contributed by atoms with Crippen molar-refractivity contribution in [2.24, 2.45) is 0 Å². The van der Waals surface area contributed by atoms with Gasteiger partial charge in [-0.25, -0.2) is 9.18 Å². The number of ether oxygens (including phenoxy) is 4. The SMILES string of the molecule is COC(=O)c1cc(N)c(OC[C@@]2(C(OC)OC)CCCc3cc(Cl)ccc32)cc1F. The van der Waals surface area contributed by atoms with Crippen LogP contribution in [0.2, 0.25) is 5.02 Å². The first-order valence-electron chi connectivity index (χ1n) is 9.51. The number of halogens is 2. The first-order valence-corrected chi connectivity index (χ1v) is 9.88. The van der Waals surface area contributed by atoms with E-state index in [0.29, 0.717) is 5.02 Å². The summed E-state index contributed by atoms with van der Waals surface area (Å²) >= 11 is 6.19. The molecule has 0 saturated carbocycles. The fourth-order valence-corrected chi connectivity index (χ4v) is 4.36. The number of rotatable bonds is 7. The molecular weight excluding hydrogens is 413 g/mol. The lowest BCUT2D eigenvalue weighted by Crippen LogP contribution is -2.49. The van der Waals surface area contributed by atoms with E-state index in [1.807, 2.05) is 18.2 Å². The van der Waals surface area contributed by atoms with E-state index in [2.05, 4.69) is 4.74 Å². The van der Waals surface area contributed by atoms with Gasteiger partial charge in [-0.15, -0.1) is 0 Å². The van der Waals surface area contributed by atoms with Gasteiger partial charge in [-0.2, -0.15) is 0 Å². The highest BCUT2D eigenvalue weighted by molar-refractivity contribution is 6.30. The summed E-state index contributed by atoms with van der Waals surface area (Å²) in [5.74, 6) is -1.45. The maximum atomic E-state index is 14.4. The molecule has 0 radical (unpaired) electrons. The molecule has 0 aromatic heterocycles. The molecule has 0 heterocycles. The average molecular weight is 438 g/mol. The zero-order valence-corrected chi connectivity index (χ0v) is 17.9. The summed E-state index contributed by atoms with van der Waals surface area (Å²) in [7, 11) is 4.31. The number of esters is 1. The van der Waals surface area contributed by atoms with Gasteiger partial charge in [0.1, 0.15) is 18.2 Å². The molecule has 2 aromatic carbocycles. The second kappa shape index (κ2) is 9.20.